The predicted molar refractivity (Wildman–Crippen MR) is 88.1 cm³/mol. The lowest BCUT2D eigenvalue weighted by molar-refractivity contribution is -0.384. The smallest absolute Gasteiger partial charge is 0.269 e. The van der Waals surface area contributed by atoms with E-state index in [4.69, 9.17) is 0 Å². The predicted octanol–water partition coefficient (Wildman–Crippen LogP) is 1.48. The van der Waals surface area contributed by atoms with Crippen molar-refractivity contribution < 1.29 is 14.5 Å². The first kappa shape index (κ1) is 17.9. The maximum absolute atomic E-state index is 12.2. The summed E-state index contributed by atoms with van der Waals surface area (Å²) in [6, 6.07) is 5.58. The van der Waals surface area contributed by atoms with Gasteiger partial charge in [0, 0.05) is 30.3 Å². The van der Waals surface area contributed by atoms with E-state index in [1.807, 2.05) is 0 Å². The summed E-state index contributed by atoms with van der Waals surface area (Å²) in [6.07, 6.45) is 1.75. The number of nitro benzene ring substituents is 1. The second-order valence-corrected chi connectivity index (χ2v) is 6.18. The number of likely N-dealkylation sites (tertiary alicyclic amines) is 1. The molecule has 2 N–H and O–H groups in total. The number of amides is 2. The number of hydrogen-bond donors (Lipinski definition) is 2. The Kier molecular flexibility index (Phi) is 5.86. The molecule has 1 atom stereocenters. The second kappa shape index (κ2) is 7.87. The molecule has 1 aliphatic rings. The van der Waals surface area contributed by atoms with Gasteiger partial charge in [0.1, 0.15) is 0 Å². The average Bonchev–Trinajstić information content (AvgIpc) is 2.59. The second-order valence-electron chi connectivity index (χ2n) is 6.18. The molecule has 1 fully saturated rings. The quantitative estimate of drug-likeness (QED) is 0.641. The Labute approximate surface area is 140 Å². The van der Waals surface area contributed by atoms with Gasteiger partial charge >= 0.3 is 0 Å². The summed E-state index contributed by atoms with van der Waals surface area (Å²) in [5.41, 5.74) is 4.96. The number of hydrogen-bond acceptors (Lipinski definition) is 5. The van der Waals surface area contributed by atoms with Crippen LogP contribution in [-0.4, -0.2) is 40.8 Å². The van der Waals surface area contributed by atoms with Crippen molar-refractivity contribution in [3.63, 3.8) is 0 Å². The molecule has 1 aromatic rings. The van der Waals surface area contributed by atoms with E-state index in [1.165, 1.54) is 24.3 Å². The molecule has 1 unspecified atom stereocenters. The number of rotatable bonds is 4. The van der Waals surface area contributed by atoms with Crippen LogP contribution in [0.3, 0.4) is 0 Å². The summed E-state index contributed by atoms with van der Waals surface area (Å²) in [4.78, 5) is 36.5. The van der Waals surface area contributed by atoms with Gasteiger partial charge in [-0.05, 0) is 45.4 Å². The Morgan fingerprint density at radius 2 is 1.92 bits per heavy atom. The van der Waals surface area contributed by atoms with Gasteiger partial charge < -0.3 is 4.90 Å². The lowest BCUT2D eigenvalue weighted by atomic mass is 9.96. The molecule has 8 nitrogen and oxygen atoms in total. The lowest BCUT2D eigenvalue weighted by Gasteiger charge is -2.34. The highest BCUT2D eigenvalue weighted by molar-refractivity contribution is 5.95. The molecule has 0 aliphatic carbocycles. The molecular formula is C16H22N4O4. The van der Waals surface area contributed by atoms with Crippen molar-refractivity contribution in [1.82, 2.24) is 15.8 Å². The van der Waals surface area contributed by atoms with Crippen LogP contribution < -0.4 is 10.9 Å². The first-order valence-corrected chi connectivity index (χ1v) is 7.97. The summed E-state index contributed by atoms with van der Waals surface area (Å²) in [5, 5.41) is 10.6. The maximum Gasteiger partial charge on any atom is 0.269 e. The molecule has 1 aliphatic heterocycles. The SMILES string of the molecule is CC(C)N1CCCC(C(=O)NNC(=O)c2ccc([N+](=O)[O-])cc2)C1. The molecule has 1 heterocycles. The summed E-state index contributed by atoms with van der Waals surface area (Å²) in [6.45, 7) is 5.85. The van der Waals surface area contributed by atoms with Gasteiger partial charge in [-0.3, -0.25) is 30.6 Å². The molecule has 130 valence electrons. The van der Waals surface area contributed by atoms with Crippen LogP contribution in [-0.2, 0) is 4.79 Å². The molecule has 0 aromatic heterocycles. The number of nitrogens with one attached hydrogen (secondary N) is 2. The van der Waals surface area contributed by atoms with Crippen LogP contribution in [0.5, 0.6) is 0 Å². The molecule has 0 saturated carbocycles. The van der Waals surface area contributed by atoms with Crippen LogP contribution in [0.15, 0.2) is 24.3 Å². The average molecular weight is 334 g/mol. The highest BCUT2D eigenvalue weighted by Gasteiger charge is 2.27. The van der Waals surface area contributed by atoms with Crippen LogP contribution in [0.25, 0.3) is 0 Å². The van der Waals surface area contributed by atoms with Crippen molar-refractivity contribution in [1.29, 1.82) is 0 Å². The number of nitro groups is 1. The third-order valence-electron chi connectivity index (χ3n) is 4.19. The van der Waals surface area contributed by atoms with Crippen molar-refractivity contribution in [3.8, 4) is 0 Å². The standard InChI is InChI=1S/C16H22N4O4/c1-11(2)19-9-3-4-13(10-19)16(22)18-17-15(21)12-5-7-14(8-6-12)20(23)24/h5-8,11,13H,3-4,9-10H2,1-2H3,(H,17,21)(H,18,22). The van der Waals surface area contributed by atoms with Gasteiger partial charge in [-0.2, -0.15) is 0 Å². The van der Waals surface area contributed by atoms with Crippen LogP contribution in [0.1, 0.15) is 37.0 Å². The van der Waals surface area contributed by atoms with E-state index < -0.39 is 10.8 Å². The van der Waals surface area contributed by atoms with Crippen molar-refractivity contribution in [2.24, 2.45) is 5.92 Å². The first-order chi connectivity index (χ1) is 11.4. The zero-order valence-electron chi connectivity index (χ0n) is 13.8. The normalized spacial score (nSPS) is 18.2. The summed E-state index contributed by atoms with van der Waals surface area (Å²) in [7, 11) is 0. The Morgan fingerprint density at radius 3 is 2.50 bits per heavy atom. The van der Waals surface area contributed by atoms with Gasteiger partial charge in [-0.1, -0.05) is 0 Å². The fraction of sp³-hybridized carbons (Fsp3) is 0.500. The van der Waals surface area contributed by atoms with Gasteiger partial charge in [0.25, 0.3) is 11.6 Å². The number of carbonyl (C=O) groups is 2. The molecule has 1 aromatic carbocycles. The molecular weight excluding hydrogens is 312 g/mol. The summed E-state index contributed by atoms with van der Waals surface area (Å²) in [5.74, 6) is -0.872. The number of benzene rings is 1. The van der Waals surface area contributed by atoms with E-state index in [9.17, 15) is 19.7 Å². The van der Waals surface area contributed by atoms with Gasteiger partial charge in [0.05, 0.1) is 10.8 Å². The van der Waals surface area contributed by atoms with Crippen LogP contribution in [0, 0.1) is 16.0 Å². The first-order valence-electron chi connectivity index (χ1n) is 7.97. The van der Waals surface area contributed by atoms with Crippen molar-refractivity contribution in [2.75, 3.05) is 13.1 Å². The van der Waals surface area contributed by atoms with Crippen molar-refractivity contribution in [2.45, 2.75) is 32.7 Å². The third kappa shape index (κ3) is 4.51. The Hall–Kier alpha value is -2.48. The monoisotopic (exact) mass is 334 g/mol. The third-order valence-corrected chi connectivity index (χ3v) is 4.19. The van der Waals surface area contributed by atoms with Gasteiger partial charge in [-0.25, -0.2) is 0 Å². The van der Waals surface area contributed by atoms with E-state index in [0.29, 0.717) is 12.6 Å². The van der Waals surface area contributed by atoms with E-state index in [1.54, 1.807) is 0 Å². The molecule has 0 spiro atoms. The molecule has 2 amide bonds. The summed E-state index contributed by atoms with van der Waals surface area (Å²) < 4.78 is 0. The number of hydrazine groups is 1. The fourth-order valence-corrected chi connectivity index (χ4v) is 2.72. The van der Waals surface area contributed by atoms with Gasteiger partial charge in [0.15, 0.2) is 0 Å². The molecule has 0 radical (unpaired) electrons. The maximum atomic E-state index is 12.2. The number of non-ortho nitro benzene ring substituents is 1. The zero-order valence-corrected chi connectivity index (χ0v) is 13.8. The van der Waals surface area contributed by atoms with Crippen LogP contribution in [0.2, 0.25) is 0 Å². The zero-order chi connectivity index (χ0) is 17.7. The minimum Gasteiger partial charge on any atom is -0.300 e. The topological polar surface area (TPSA) is 105 Å². The van der Waals surface area contributed by atoms with Crippen LogP contribution in [0.4, 0.5) is 5.69 Å². The van der Waals surface area contributed by atoms with E-state index in [2.05, 4.69) is 29.6 Å². The Bertz CT molecular complexity index is 615. The van der Waals surface area contributed by atoms with Gasteiger partial charge in [-0.15, -0.1) is 0 Å². The Balaban J connectivity index is 1.86. The van der Waals surface area contributed by atoms with Crippen molar-refractivity contribution >= 4 is 17.5 Å². The highest BCUT2D eigenvalue weighted by atomic mass is 16.6. The van der Waals surface area contributed by atoms with Crippen molar-refractivity contribution in [3.05, 3.63) is 39.9 Å². The highest BCUT2D eigenvalue weighted by Crippen LogP contribution is 2.18. The number of nitrogens with zero attached hydrogens (tertiary/aromatic N) is 2. The molecule has 2 rings (SSSR count). The van der Waals surface area contributed by atoms with Crippen LogP contribution >= 0.6 is 0 Å². The molecule has 8 heteroatoms. The largest absolute Gasteiger partial charge is 0.300 e. The molecule has 0 bridgehead atoms. The molecule has 1 saturated heterocycles. The minimum atomic E-state index is -0.535. The Morgan fingerprint density at radius 1 is 1.25 bits per heavy atom. The number of carbonyl (C=O) groups excluding carboxylic acids is 2. The minimum absolute atomic E-state index is 0.0911. The van der Waals surface area contributed by atoms with E-state index in [0.717, 1.165) is 19.4 Å². The summed E-state index contributed by atoms with van der Waals surface area (Å²) >= 11 is 0. The van der Waals surface area contributed by atoms with Gasteiger partial charge in [0.2, 0.25) is 5.91 Å². The van der Waals surface area contributed by atoms with E-state index in [-0.39, 0.29) is 23.1 Å². The number of piperidine rings is 1. The molecule has 24 heavy (non-hydrogen) atoms. The lowest BCUT2D eigenvalue weighted by Crippen LogP contribution is -2.50. The fourth-order valence-electron chi connectivity index (χ4n) is 2.72. The van der Waals surface area contributed by atoms with E-state index >= 15 is 0 Å².